The maximum Gasteiger partial charge on any atom is 0.374 e. The lowest BCUT2D eigenvalue weighted by molar-refractivity contribution is -2.00. The van der Waals surface area contributed by atoms with E-state index in [0.717, 1.165) is 17.7 Å². The Balaban J connectivity index is 0.000000376. The molecule has 0 unspecified atom stereocenters. The van der Waals surface area contributed by atoms with E-state index >= 15 is 0 Å². The van der Waals surface area contributed by atoms with Gasteiger partial charge in [-0.15, -0.1) is 10.2 Å². The molecule has 1 heterocycles. The molecular formula is C17H13ClO6S3. The number of halogens is 1. The average molecular weight is 445 g/mol. The minimum absolute atomic E-state index is 0.373. The smallest absolute Gasteiger partial charge is 0.222 e. The predicted molar refractivity (Wildman–Crippen MR) is 91.3 cm³/mol. The second kappa shape index (κ2) is 7.90. The Hall–Kier alpha value is -1.43. The summed E-state index contributed by atoms with van der Waals surface area (Å²) in [6.45, 7) is 0. The van der Waals surface area contributed by atoms with Gasteiger partial charge in [-0.05, 0) is 24.1 Å². The van der Waals surface area contributed by atoms with Gasteiger partial charge in [-0.25, -0.2) is 27.1 Å². The van der Waals surface area contributed by atoms with Crippen LogP contribution in [0.25, 0.3) is 10.4 Å². The van der Waals surface area contributed by atoms with Gasteiger partial charge in [0.25, 0.3) is 9.84 Å². The Morgan fingerprint density at radius 2 is 1.48 bits per heavy atom. The van der Waals surface area contributed by atoms with E-state index in [0.29, 0.717) is 8.42 Å². The minimum atomic E-state index is -4.94. The lowest BCUT2D eigenvalue weighted by Gasteiger charge is -2.17. The molecule has 0 saturated heterocycles. The lowest BCUT2D eigenvalue weighted by atomic mass is 9.95. The maximum absolute atomic E-state index is 12.8. The normalized spacial score (nSPS) is 13.2. The van der Waals surface area contributed by atoms with Crippen molar-refractivity contribution in [3.8, 4) is 10.4 Å². The van der Waals surface area contributed by atoms with Crippen molar-refractivity contribution in [1.82, 2.24) is 0 Å². The largest absolute Gasteiger partial charge is 0.374 e. The summed E-state index contributed by atoms with van der Waals surface area (Å²) in [5, 5.41) is 0. The highest BCUT2D eigenvalue weighted by Gasteiger charge is 2.36. The van der Waals surface area contributed by atoms with Gasteiger partial charge >= 0.3 is 3.52 Å². The molecule has 1 aliphatic carbocycles. The number of sulfone groups is 1. The van der Waals surface area contributed by atoms with E-state index in [1.54, 1.807) is 24.3 Å². The van der Waals surface area contributed by atoms with Crippen molar-refractivity contribution in [3.05, 3.63) is 65.0 Å². The molecule has 0 spiro atoms. The molecule has 0 saturated carbocycles. The van der Waals surface area contributed by atoms with Crippen LogP contribution in [0.15, 0.2) is 63.0 Å². The Kier molecular flexibility index (Phi) is 5.94. The number of hydrogen-bond acceptors (Lipinski definition) is 7. The van der Waals surface area contributed by atoms with Gasteiger partial charge in [0, 0.05) is 12.0 Å². The third-order valence-electron chi connectivity index (χ3n) is 3.80. The molecule has 3 aromatic rings. The first-order valence-corrected chi connectivity index (χ1v) is 12.0. The molecule has 10 heteroatoms. The summed E-state index contributed by atoms with van der Waals surface area (Å²) in [4.78, 5) is 2.69. The van der Waals surface area contributed by atoms with Gasteiger partial charge in [0.2, 0.25) is 0 Å². The molecule has 6 nitrogen and oxygen atoms in total. The molecule has 1 aromatic heterocycles. The standard InChI is InChI=1S/C17H13O2S3.ClHO4/c18-22(19,13-7-2-1-3-8-13)17-20-15-11-10-12-6-4-5-9-14(12)16(15)21-17;2-1(3,4)5/h1-9H,10-11H2;(H,2,3,4,5)/q+1;/p-1. The number of hydrogen-bond donors (Lipinski definition) is 0. The van der Waals surface area contributed by atoms with Crippen LogP contribution in [0.3, 0.4) is 0 Å². The van der Waals surface area contributed by atoms with E-state index in [9.17, 15) is 8.42 Å². The van der Waals surface area contributed by atoms with Gasteiger partial charge in [-0.3, -0.25) is 0 Å². The zero-order valence-electron chi connectivity index (χ0n) is 13.7. The number of rotatable bonds is 2. The summed E-state index contributed by atoms with van der Waals surface area (Å²) in [6.07, 6.45) is 1.92. The SMILES string of the molecule is O=S(=O)(c1ccccc1)c1sc2c([s+]1)-c1ccccc1CC2.[O-][Cl+3]([O-])([O-])[O-]. The van der Waals surface area contributed by atoms with E-state index in [1.165, 1.54) is 38.7 Å². The zero-order valence-corrected chi connectivity index (χ0v) is 16.9. The van der Waals surface area contributed by atoms with Gasteiger partial charge in [-0.2, -0.15) is 0 Å². The van der Waals surface area contributed by atoms with Crippen LogP contribution in [0.1, 0.15) is 10.4 Å². The van der Waals surface area contributed by atoms with Crippen molar-refractivity contribution in [2.75, 3.05) is 0 Å². The monoisotopic (exact) mass is 444 g/mol. The predicted octanol–water partition coefficient (Wildman–Crippen LogP) is -0.0669. The molecule has 2 aromatic carbocycles. The fourth-order valence-electron chi connectivity index (χ4n) is 2.69. The van der Waals surface area contributed by atoms with Gasteiger partial charge in [0.05, 0.1) is 4.90 Å². The van der Waals surface area contributed by atoms with Crippen LogP contribution < -0.4 is 18.6 Å². The highest BCUT2D eigenvalue weighted by Crippen LogP contribution is 2.45. The van der Waals surface area contributed by atoms with Crippen molar-refractivity contribution < 1.29 is 37.3 Å². The number of aryl methyl sites for hydroxylation is 2. The van der Waals surface area contributed by atoms with Crippen molar-refractivity contribution in [2.24, 2.45) is 0 Å². The zero-order chi connectivity index (χ0) is 19.7. The van der Waals surface area contributed by atoms with Crippen LogP contribution in [-0.4, -0.2) is 8.42 Å². The second-order valence-corrected chi connectivity index (χ2v) is 11.1. The van der Waals surface area contributed by atoms with Crippen molar-refractivity contribution in [1.29, 1.82) is 0 Å². The highest BCUT2D eigenvalue weighted by atomic mass is 35.7. The summed E-state index contributed by atoms with van der Waals surface area (Å²) in [5.41, 5.74) is 2.51. The van der Waals surface area contributed by atoms with Crippen LogP contribution in [0.2, 0.25) is 0 Å². The average Bonchev–Trinajstić information content (AvgIpc) is 3.07. The summed E-state index contributed by atoms with van der Waals surface area (Å²) in [5.74, 6) is 0. The molecule has 1 aliphatic rings. The summed E-state index contributed by atoms with van der Waals surface area (Å²) in [6, 6.07) is 17.0. The first-order chi connectivity index (χ1) is 12.7. The van der Waals surface area contributed by atoms with E-state index < -0.39 is 20.1 Å². The van der Waals surface area contributed by atoms with Crippen molar-refractivity contribution >= 4 is 32.5 Å². The maximum atomic E-state index is 12.8. The van der Waals surface area contributed by atoms with Crippen LogP contribution in [-0.2, 0) is 22.7 Å². The fourth-order valence-corrected chi connectivity index (χ4v) is 7.67. The third kappa shape index (κ3) is 4.89. The quantitative estimate of drug-likeness (QED) is 0.509. The lowest BCUT2D eigenvalue weighted by Crippen LogP contribution is -2.68. The Morgan fingerprint density at radius 3 is 2.15 bits per heavy atom. The number of benzene rings is 2. The second-order valence-electron chi connectivity index (χ2n) is 5.56. The highest BCUT2D eigenvalue weighted by molar-refractivity contribution is 7.96. The molecule has 27 heavy (non-hydrogen) atoms. The molecular weight excluding hydrogens is 432 g/mol. The van der Waals surface area contributed by atoms with Crippen LogP contribution in [0.4, 0.5) is 0 Å². The Morgan fingerprint density at radius 1 is 0.889 bits per heavy atom. The van der Waals surface area contributed by atoms with Crippen LogP contribution in [0, 0.1) is 10.2 Å². The molecule has 0 fully saturated rings. The van der Waals surface area contributed by atoms with Crippen molar-refractivity contribution in [3.63, 3.8) is 0 Å². The first kappa shape index (κ1) is 20.3. The topological polar surface area (TPSA) is 126 Å². The molecule has 4 rings (SSSR count). The molecule has 0 amide bonds. The van der Waals surface area contributed by atoms with Crippen LogP contribution >= 0.6 is 22.7 Å². The van der Waals surface area contributed by atoms with E-state index in [1.807, 2.05) is 18.2 Å². The fraction of sp³-hybridized carbons (Fsp3) is 0.118. The summed E-state index contributed by atoms with van der Waals surface area (Å²) < 4.78 is 60.0. The molecule has 0 N–H and O–H groups in total. The number of fused-ring (bicyclic) bond motifs is 3. The molecule has 142 valence electrons. The van der Waals surface area contributed by atoms with Crippen LogP contribution in [0.5, 0.6) is 0 Å². The van der Waals surface area contributed by atoms with Crippen molar-refractivity contribution in [2.45, 2.75) is 21.3 Å². The van der Waals surface area contributed by atoms with Gasteiger partial charge < -0.3 is 0 Å². The Bertz CT molecular complexity index is 1040. The molecule has 0 radical (unpaired) electrons. The minimum Gasteiger partial charge on any atom is -0.222 e. The first-order valence-electron chi connectivity index (χ1n) is 7.62. The summed E-state index contributed by atoms with van der Waals surface area (Å²) in [7, 11) is -8.34. The Labute approximate surface area is 166 Å². The van der Waals surface area contributed by atoms with E-state index in [-0.39, 0.29) is 0 Å². The van der Waals surface area contributed by atoms with E-state index in [4.69, 9.17) is 18.6 Å². The molecule has 0 aliphatic heterocycles. The molecule has 0 bridgehead atoms. The summed E-state index contributed by atoms with van der Waals surface area (Å²) >= 11 is 2.84. The van der Waals surface area contributed by atoms with E-state index in [2.05, 4.69) is 12.1 Å². The third-order valence-corrected chi connectivity index (χ3v) is 9.24. The van der Waals surface area contributed by atoms with Gasteiger partial charge in [0.1, 0.15) is 22.7 Å². The van der Waals surface area contributed by atoms with Gasteiger partial charge in [0.15, 0.2) is 9.75 Å². The van der Waals surface area contributed by atoms with Gasteiger partial charge in [-0.1, -0.05) is 42.5 Å². The molecule has 0 atom stereocenters.